The van der Waals surface area contributed by atoms with Gasteiger partial charge in [-0.15, -0.1) is 12.4 Å². The third kappa shape index (κ3) is 5.55. The zero-order valence-electron chi connectivity index (χ0n) is 13.5. The van der Waals surface area contributed by atoms with E-state index in [0.29, 0.717) is 23.8 Å². The lowest BCUT2D eigenvalue weighted by atomic mass is 9.93. The number of benzene rings is 1. The van der Waals surface area contributed by atoms with Crippen molar-refractivity contribution in [2.24, 2.45) is 5.92 Å². The van der Waals surface area contributed by atoms with Crippen molar-refractivity contribution in [3.8, 4) is 11.5 Å². The number of amides is 1. The molecule has 0 radical (unpaired) electrons. The fraction of sp³-hybridized carbons (Fsp3) is 0.562. The summed E-state index contributed by atoms with van der Waals surface area (Å²) in [5.74, 6) is 0.546. The first-order chi connectivity index (χ1) is 10.6. The minimum absolute atomic E-state index is 0. The summed E-state index contributed by atoms with van der Waals surface area (Å²) >= 11 is 0. The van der Waals surface area contributed by atoms with Gasteiger partial charge in [0, 0.05) is 18.6 Å². The van der Waals surface area contributed by atoms with Crippen molar-refractivity contribution in [2.75, 3.05) is 32.6 Å². The van der Waals surface area contributed by atoms with Crippen LogP contribution in [-0.4, -0.2) is 33.2 Å². The molecule has 0 bridgehead atoms. The largest absolute Gasteiger partial charge is 0.493 e. The lowest BCUT2D eigenvalue weighted by Crippen LogP contribution is -2.28. The smallest absolute Gasteiger partial charge is 0.224 e. The molecule has 1 aromatic carbocycles. The molecule has 0 unspecified atom stereocenters. The molecule has 130 valence electrons. The molecule has 0 saturated carbocycles. The van der Waals surface area contributed by atoms with E-state index in [0.717, 1.165) is 32.4 Å². The van der Waals surface area contributed by atoms with Crippen LogP contribution in [0.1, 0.15) is 25.7 Å². The number of carbonyl (C=O) groups excluding carboxylic acids is 1. The summed E-state index contributed by atoms with van der Waals surface area (Å²) in [5.41, 5.74) is 0.118. The highest BCUT2D eigenvalue weighted by atomic mass is 35.5. The molecular formula is C16H24ClFN2O3. The fourth-order valence-electron chi connectivity index (χ4n) is 2.67. The lowest BCUT2D eigenvalue weighted by molar-refractivity contribution is -0.116. The number of nitrogens with one attached hydrogen (secondary N) is 2. The van der Waals surface area contributed by atoms with Crippen LogP contribution in [0.3, 0.4) is 0 Å². The summed E-state index contributed by atoms with van der Waals surface area (Å²) in [4.78, 5) is 12.0. The minimum Gasteiger partial charge on any atom is -0.493 e. The van der Waals surface area contributed by atoms with E-state index < -0.39 is 5.82 Å². The van der Waals surface area contributed by atoms with Gasteiger partial charge in [0.15, 0.2) is 17.3 Å². The van der Waals surface area contributed by atoms with E-state index in [4.69, 9.17) is 9.47 Å². The summed E-state index contributed by atoms with van der Waals surface area (Å²) in [6, 6.07) is 2.65. The van der Waals surface area contributed by atoms with Gasteiger partial charge in [-0.2, -0.15) is 0 Å². The maximum atomic E-state index is 14.0. The molecule has 2 N–H and O–H groups in total. The number of carbonyl (C=O) groups is 1. The molecule has 7 heteroatoms. The Morgan fingerprint density at radius 1 is 1.26 bits per heavy atom. The van der Waals surface area contributed by atoms with Gasteiger partial charge in [0.05, 0.1) is 19.9 Å². The van der Waals surface area contributed by atoms with Gasteiger partial charge >= 0.3 is 0 Å². The third-order valence-corrected chi connectivity index (χ3v) is 3.99. The lowest BCUT2D eigenvalue weighted by Gasteiger charge is -2.22. The molecule has 2 rings (SSSR count). The van der Waals surface area contributed by atoms with Gasteiger partial charge in [0.1, 0.15) is 0 Å². The van der Waals surface area contributed by atoms with Gasteiger partial charge in [-0.25, -0.2) is 4.39 Å². The topological polar surface area (TPSA) is 59.6 Å². The SMILES string of the molecule is COc1cc(F)c(NC(=O)CCC2CCNCC2)cc1OC.Cl. The quantitative estimate of drug-likeness (QED) is 0.831. The predicted octanol–water partition coefficient (Wildman–Crippen LogP) is 2.98. The maximum Gasteiger partial charge on any atom is 0.224 e. The van der Waals surface area contributed by atoms with Gasteiger partial charge in [-0.05, 0) is 38.3 Å². The van der Waals surface area contributed by atoms with Crippen LogP contribution in [0.2, 0.25) is 0 Å². The molecule has 1 aliphatic rings. The van der Waals surface area contributed by atoms with Crippen LogP contribution in [-0.2, 0) is 4.79 Å². The Hall–Kier alpha value is -1.53. The van der Waals surface area contributed by atoms with E-state index in [1.165, 1.54) is 26.4 Å². The van der Waals surface area contributed by atoms with Crippen LogP contribution >= 0.6 is 12.4 Å². The highest BCUT2D eigenvalue weighted by Gasteiger charge is 2.16. The van der Waals surface area contributed by atoms with Gasteiger partial charge in [-0.1, -0.05) is 0 Å². The van der Waals surface area contributed by atoms with Crippen LogP contribution in [0.4, 0.5) is 10.1 Å². The second-order valence-corrected chi connectivity index (χ2v) is 5.47. The number of hydrogen-bond donors (Lipinski definition) is 2. The molecule has 1 fully saturated rings. The average Bonchev–Trinajstić information content (AvgIpc) is 2.55. The number of rotatable bonds is 6. The van der Waals surface area contributed by atoms with Crippen LogP contribution in [0.25, 0.3) is 0 Å². The summed E-state index contributed by atoms with van der Waals surface area (Å²) < 4.78 is 24.1. The first-order valence-electron chi connectivity index (χ1n) is 7.56. The molecule has 0 aromatic heterocycles. The van der Waals surface area contributed by atoms with Crippen LogP contribution in [0.5, 0.6) is 11.5 Å². The molecule has 1 aliphatic heterocycles. The van der Waals surface area contributed by atoms with E-state index in [1.807, 2.05) is 0 Å². The first-order valence-corrected chi connectivity index (χ1v) is 7.56. The van der Waals surface area contributed by atoms with Crippen LogP contribution in [0.15, 0.2) is 12.1 Å². The Labute approximate surface area is 142 Å². The zero-order chi connectivity index (χ0) is 15.9. The van der Waals surface area contributed by atoms with Crippen molar-refractivity contribution in [3.63, 3.8) is 0 Å². The highest BCUT2D eigenvalue weighted by molar-refractivity contribution is 5.91. The Kier molecular flexibility index (Phi) is 8.12. The maximum absolute atomic E-state index is 14.0. The molecule has 0 aliphatic carbocycles. The highest BCUT2D eigenvalue weighted by Crippen LogP contribution is 2.32. The van der Waals surface area contributed by atoms with Crippen molar-refractivity contribution in [1.82, 2.24) is 5.32 Å². The number of ether oxygens (including phenoxy) is 2. The second kappa shape index (κ2) is 9.57. The number of piperidine rings is 1. The minimum atomic E-state index is -0.534. The number of halogens is 2. The Morgan fingerprint density at radius 3 is 2.48 bits per heavy atom. The van der Waals surface area contributed by atoms with Crippen molar-refractivity contribution < 1.29 is 18.7 Å². The summed E-state index contributed by atoms with van der Waals surface area (Å²) in [7, 11) is 2.91. The Balaban J connectivity index is 0.00000264. The average molecular weight is 347 g/mol. The number of methoxy groups -OCH3 is 2. The monoisotopic (exact) mass is 346 g/mol. The number of hydrogen-bond acceptors (Lipinski definition) is 4. The van der Waals surface area contributed by atoms with E-state index in [2.05, 4.69) is 10.6 Å². The summed E-state index contributed by atoms with van der Waals surface area (Å²) in [5, 5.41) is 5.91. The van der Waals surface area contributed by atoms with E-state index in [1.54, 1.807) is 0 Å². The molecule has 1 saturated heterocycles. The second-order valence-electron chi connectivity index (χ2n) is 5.47. The molecule has 23 heavy (non-hydrogen) atoms. The first kappa shape index (κ1) is 19.5. The zero-order valence-corrected chi connectivity index (χ0v) is 14.3. The fourth-order valence-corrected chi connectivity index (χ4v) is 2.67. The Bertz CT molecular complexity index is 522. The van der Waals surface area contributed by atoms with E-state index >= 15 is 0 Å². The van der Waals surface area contributed by atoms with Gasteiger partial charge in [0.2, 0.25) is 5.91 Å². The van der Waals surface area contributed by atoms with Crippen molar-refractivity contribution in [3.05, 3.63) is 17.9 Å². The molecule has 1 aromatic rings. The van der Waals surface area contributed by atoms with E-state index in [9.17, 15) is 9.18 Å². The van der Waals surface area contributed by atoms with Gasteiger partial charge < -0.3 is 20.1 Å². The van der Waals surface area contributed by atoms with Crippen LogP contribution in [0, 0.1) is 11.7 Å². The number of anilines is 1. The Morgan fingerprint density at radius 2 is 1.87 bits per heavy atom. The molecule has 0 atom stereocenters. The van der Waals surface area contributed by atoms with Gasteiger partial charge in [-0.3, -0.25) is 4.79 Å². The molecule has 1 heterocycles. The normalized spacial score (nSPS) is 14.7. The molecular weight excluding hydrogens is 323 g/mol. The van der Waals surface area contributed by atoms with Gasteiger partial charge in [0.25, 0.3) is 0 Å². The van der Waals surface area contributed by atoms with Crippen molar-refractivity contribution in [2.45, 2.75) is 25.7 Å². The predicted molar refractivity (Wildman–Crippen MR) is 90.2 cm³/mol. The molecule has 1 amide bonds. The van der Waals surface area contributed by atoms with Crippen molar-refractivity contribution in [1.29, 1.82) is 0 Å². The third-order valence-electron chi connectivity index (χ3n) is 3.99. The van der Waals surface area contributed by atoms with Crippen LogP contribution < -0.4 is 20.1 Å². The standard InChI is InChI=1S/C16H23FN2O3.ClH/c1-21-14-9-12(17)13(10-15(14)22-2)19-16(20)4-3-11-5-7-18-8-6-11;/h9-11,18H,3-8H2,1-2H3,(H,19,20);1H. The van der Waals surface area contributed by atoms with E-state index in [-0.39, 0.29) is 24.0 Å². The summed E-state index contributed by atoms with van der Waals surface area (Å²) in [6.07, 6.45) is 3.43. The molecule has 5 nitrogen and oxygen atoms in total. The molecule has 0 spiro atoms. The van der Waals surface area contributed by atoms with Crippen molar-refractivity contribution >= 4 is 24.0 Å². The summed E-state index contributed by atoms with van der Waals surface area (Å²) in [6.45, 7) is 2.02.